The van der Waals surface area contributed by atoms with Gasteiger partial charge in [-0.2, -0.15) is 0 Å². The summed E-state index contributed by atoms with van der Waals surface area (Å²) in [6.07, 6.45) is 3.97. The zero-order valence-corrected chi connectivity index (χ0v) is 12.0. The average Bonchev–Trinajstić information content (AvgIpc) is 2.38. The number of morpholine rings is 1. The summed E-state index contributed by atoms with van der Waals surface area (Å²) in [7, 11) is 4.36. The molecule has 18 heavy (non-hydrogen) atoms. The highest BCUT2D eigenvalue weighted by atomic mass is 16.5. The van der Waals surface area contributed by atoms with Gasteiger partial charge in [-0.15, -0.1) is 0 Å². The lowest BCUT2D eigenvalue weighted by molar-refractivity contribution is 0.0671. The molecule has 1 unspecified atom stereocenters. The van der Waals surface area contributed by atoms with Gasteiger partial charge < -0.3 is 19.9 Å². The lowest BCUT2D eigenvalue weighted by atomic mass is 9.96. The summed E-state index contributed by atoms with van der Waals surface area (Å²) in [6.45, 7) is 7.86. The Bertz CT molecular complexity index is 221. The third kappa shape index (κ3) is 4.84. The largest absolute Gasteiger partial charge is 0.379 e. The Hall–Kier alpha value is -0.160. The van der Waals surface area contributed by atoms with Crippen molar-refractivity contribution in [3.8, 4) is 0 Å². The number of hydrogen-bond donors (Lipinski definition) is 1. The van der Waals surface area contributed by atoms with E-state index < -0.39 is 0 Å². The van der Waals surface area contributed by atoms with Crippen LogP contribution in [-0.4, -0.2) is 75.9 Å². The third-order valence-electron chi connectivity index (χ3n) is 4.12. The van der Waals surface area contributed by atoms with Crippen molar-refractivity contribution < 1.29 is 4.74 Å². The topological polar surface area (TPSA) is 27.7 Å². The molecule has 1 atom stereocenters. The molecule has 2 aliphatic rings. The van der Waals surface area contributed by atoms with E-state index in [1.165, 1.54) is 45.4 Å². The Labute approximate surface area is 112 Å². The fraction of sp³-hybridized carbons (Fsp3) is 1.00. The lowest BCUT2D eigenvalue weighted by Gasteiger charge is -2.34. The van der Waals surface area contributed by atoms with Crippen LogP contribution < -0.4 is 5.32 Å². The third-order valence-corrected chi connectivity index (χ3v) is 4.12. The number of piperidine rings is 1. The van der Waals surface area contributed by atoms with Crippen LogP contribution in [0.1, 0.15) is 19.3 Å². The van der Waals surface area contributed by atoms with Crippen LogP contribution in [0, 0.1) is 5.92 Å². The number of nitrogens with zero attached hydrogens (tertiary/aromatic N) is 2. The van der Waals surface area contributed by atoms with Crippen LogP contribution in [-0.2, 0) is 4.74 Å². The van der Waals surface area contributed by atoms with Crippen LogP contribution in [0.5, 0.6) is 0 Å². The fourth-order valence-electron chi connectivity index (χ4n) is 3.05. The Morgan fingerprint density at radius 1 is 1.28 bits per heavy atom. The molecule has 0 radical (unpaired) electrons. The van der Waals surface area contributed by atoms with E-state index in [4.69, 9.17) is 4.74 Å². The Kier molecular flexibility index (Phi) is 5.89. The number of nitrogens with one attached hydrogen (secondary N) is 1. The van der Waals surface area contributed by atoms with Gasteiger partial charge in [0.15, 0.2) is 0 Å². The molecule has 0 aromatic heterocycles. The van der Waals surface area contributed by atoms with Crippen molar-refractivity contribution in [2.45, 2.75) is 25.3 Å². The first-order chi connectivity index (χ1) is 8.74. The molecule has 0 amide bonds. The summed E-state index contributed by atoms with van der Waals surface area (Å²) in [5.74, 6) is 0.910. The highest BCUT2D eigenvalue weighted by Crippen LogP contribution is 2.18. The van der Waals surface area contributed by atoms with Gasteiger partial charge in [0, 0.05) is 19.1 Å². The van der Waals surface area contributed by atoms with Gasteiger partial charge in [-0.25, -0.2) is 0 Å². The molecule has 4 nitrogen and oxygen atoms in total. The number of likely N-dealkylation sites (tertiary alicyclic amines) is 1. The summed E-state index contributed by atoms with van der Waals surface area (Å²) < 4.78 is 5.50. The molecule has 0 saturated carbocycles. The maximum Gasteiger partial charge on any atom is 0.0620 e. The van der Waals surface area contributed by atoms with Crippen LogP contribution in [0.25, 0.3) is 0 Å². The molecule has 4 heteroatoms. The van der Waals surface area contributed by atoms with E-state index in [9.17, 15) is 0 Å². The molecule has 1 N–H and O–H groups in total. The van der Waals surface area contributed by atoms with Crippen LogP contribution in [0.4, 0.5) is 0 Å². The van der Waals surface area contributed by atoms with Crippen LogP contribution in [0.2, 0.25) is 0 Å². The van der Waals surface area contributed by atoms with Crippen molar-refractivity contribution in [1.82, 2.24) is 15.1 Å². The van der Waals surface area contributed by atoms with E-state index in [1.54, 1.807) is 0 Å². The van der Waals surface area contributed by atoms with E-state index in [0.29, 0.717) is 6.04 Å². The Morgan fingerprint density at radius 2 is 2.06 bits per heavy atom. The molecule has 2 saturated heterocycles. The first-order valence-electron chi connectivity index (χ1n) is 7.42. The van der Waals surface area contributed by atoms with Gasteiger partial charge >= 0.3 is 0 Å². The second kappa shape index (κ2) is 7.43. The van der Waals surface area contributed by atoms with Crippen molar-refractivity contribution >= 4 is 0 Å². The van der Waals surface area contributed by atoms with Gasteiger partial charge in [-0.05, 0) is 58.9 Å². The molecule has 0 bridgehead atoms. The predicted molar refractivity (Wildman–Crippen MR) is 74.9 cm³/mol. The van der Waals surface area contributed by atoms with E-state index in [1.807, 2.05) is 0 Å². The monoisotopic (exact) mass is 255 g/mol. The number of ether oxygens (including phenoxy) is 1. The van der Waals surface area contributed by atoms with Gasteiger partial charge in [-0.3, -0.25) is 0 Å². The van der Waals surface area contributed by atoms with Crippen molar-refractivity contribution in [2.24, 2.45) is 5.92 Å². The second-order valence-electron chi connectivity index (χ2n) is 6.06. The van der Waals surface area contributed by atoms with Gasteiger partial charge in [0.2, 0.25) is 0 Å². The van der Waals surface area contributed by atoms with Crippen molar-refractivity contribution in [1.29, 1.82) is 0 Å². The fourth-order valence-corrected chi connectivity index (χ4v) is 3.05. The number of hydrogen-bond acceptors (Lipinski definition) is 4. The Morgan fingerprint density at radius 3 is 2.67 bits per heavy atom. The van der Waals surface area contributed by atoms with E-state index in [0.717, 1.165) is 25.7 Å². The zero-order chi connectivity index (χ0) is 12.8. The average molecular weight is 255 g/mol. The van der Waals surface area contributed by atoms with E-state index in [2.05, 4.69) is 29.2 Å². The first-order valence-corrected chi connectivity index (χ1v) is 7.42. The van der Waals surface area contributed by atoms with Crippen molar-refractivity contribution in [3.63, 3.8) is 0 Å². The zero-order valence-electron chi connectivity index (χ0n) is 12.0. The van der Waals surface area contributed by atoms with Crippen LogP contribution in [0.15, 0.2) is 0 Å². The highest BCUT2D eigenvalue weighted by Gasteiger charge is 2.20. The minimum absolute atomic E-state index is 0.582. The molecule has 0 aromatic carbocycles. The quantitative estimate of drug-likeness (QED) is 0.780. The molecule has 0 aliphatic carbocycles. The van der Waals surface area contributed by atoms with Gasteiger partial charge in [0.1, 0.15) is 0 Å². The number of rotatable bonds is 5. The van der Waals surface area contributed by atoms with Crippen LogP contribution in [0.3, 0.4) is 0 Å². The summed E-state index contributed by atoms with van der Waals surface area (Å²) in [5, 5.41) is 3.54. The smallest absolute Gasteiger partial charge is 0.0620 e. The molecule has 2 heterocycles. The summed E-state index contributed by atoms with van der Waals surface area (Å²) in [6, 6.07) is 0.582. The molecule has 0 aromatic rings. The summed E-state index contributed by atoms with van der Waals surface area (Å²) in [5.41, 5.74) is 0. The van der Waals surface area contributed by atoms with Crippen LogP contribution >= 0.6 is 0 Å². The Balaban J connectivity index is 1.58. The van der Waals surface area contributed by atoms with E-state index >= 15 is 0 Å². The molecule has 0 spiro atoms. The van der Waals surface area contributed by atoms with Gasteiger partial charge in [0.05, 0.1) is 13.2 Å². The minimum Gasteiger partial charge on any atom is -0.379 e. The normalized spacial score (nSPS) is 27.8. The van der Waals surface area contributed by atoms with Crippen molar-refractivity contribution in [2.75, 3.05) is 60.0 Å². The summed E-state index contributed by atoms with van der Waals surface area (Å²) >= 11 is 0. The maximum absolute atomic E-state index is 5.50. The molecular weight excluding hydrogens is 226 g/mol. The maximum atomic E-state index is 5.50. The summed E-state index contributed by atoms with van der Waals surface area (Å²) in [4.78, 5) is 4.95. The molecular formula is C14H29N3O. The first kappa shape index (κ1) is 14.3. The van der Waals surface area contributed by atoms with Gasteiger partial charge in [0.25, 0.3) is 0 Å². The molecule has 2 fully saturated rings. The SMILES string of the molecule is CN(C)CC1CCN(CCC2COCCN2)CC1. The lowest BCUT2D eigenvalue weighted by Crippen LogP contribution is -2.44. The molecule has 2 rings (SSSR count). The standard InChI is InChI=1S/C14H29N3O/c1-16(2)11-13-3-7-17(8-4-13)9-5-14-12-18-10-6-15-14/h13-15H,3-12H2,1-2H3. The molecule has 106 valence electrons. The molecule has 2 aliphatic heterocycles. The minimum atomic E-state index is 0.582. The van der Waals surface area contributed by atoms with E-state index in [-0.39, 0.29) is 0 Å². The second-order valence-corrected chi connectivity index (χ2v) is 6.06. The highest BCUT2D eigenvalue weighted by molar-refractivity contribution is 4.77. The van der Waals surface area contributed by atoms with Crippen molar-refractivity contribution in [3.05, 3.63) is 0 Å². The predicted octanol–water partition coefficient (Wildman–Crippen LogP) is 0.639. The van der Waals surface area contributed by atoms with Gasteiger partial charge in [-0.1, -0.05) is 0 Å².